The number of carbonyl (C=O) groups excluding carboxylic acids is 1. The van der Waals surface area contributed by atoms with E-state index in [9.17, 15) is 4.79 Å². The summed E-state index contributed by atoms with van der Waals surface area (Å²) in [6, 6.07) is 0. The van der Waals surface area contributed by atoms with E-state index < -0.39 is 8.32 Å². The van der Waals surface area contributed by atoms with Crippen LogP contribution in [0.2, 0.25) is 18.1 Å². The van der Waals surface area contributed by atoms with Crippen LogP contribution >= 0.6 is 0 Å². The van der Waals surface area contributed by atoms with Crippen molar-refractivity contribution in [2.75, 3.05) is 6.61 Å². The normalized spacial score (nSPS) is 32.1. The Morgan fingerprint density at radius 1 is 1.30 bits per heavy atom. The van der Waals surface area contributed by atoms with Gasteiger partial charge in [0.25, 0.3) is 0 Å². The van der Waals surface area contributed by atoms with E-state index in [1.54, 1.807) is 0 Å². The van der Waals surface area contributed by atoms with Crippen LogP contribution in [0.5, 0.6) is 0 Å². The standard InChI is InChI=1S/C15H30O4Si/c1-10-12(8-9-16)18-14(17)11(2)13(10)19-20(6,7)15(3,4)5/h10-13,16H,8-9H2,1-7H3/t10-,11-,12-,13+/m0/s1. The minimum atomic E-state index is -1.93. The van der Waals surface area contributed by atoms with Crippen LogP contribution < -0.4 is 0 Å². The molecule has 4 atom stereocenters. The molecule has 0 amide bonds. The second-order valence-corrected chi connectivity index (χ2v) is 12.2. The molecule has 5 heteroatoms. The van der Waals surface area contributed by atoms with Crippen molar-refractivity contribution in [1.29, 1.82) is 0 Å². The van der Waals surface area contributed by atoms with Crippen molar-refractivity contribution in [3.63, 3.8) is 0 Å². The molecule has 0 saturated carbocycles. The third-order valence-electron chi connectivity index (χ3n) is 4.89. The minimum absolute atomic E-state index is 0.0312. The molecule has 1 aliphatic rings. The fraction of sp³-hybridized carbons (Fsp3) is 0.933. The van der Waals surface area contributed by atoms with E-state index in [0.717, 1.165) is 0 Å². The molecule has 1 fully saturated rings. The largest absolute Gasteiger partial charge is 0.462 e. The van der Waals surface area contributed by atoms with Gasteiger partial charge in [0.05, 0.1) is 12.0 Å². The molecule has 0 aliphatic carbocycles. The topological polar surface area (TPSA) is 55.8 Å². The van der Waals surface area contributed by atoms with E-state index >= 15 is 0 Å². The first kappa shape index (κ1) is 17.7. The van der Waals surface area contributed by atoms with Crippen LogP contribution in [0.25, 0.3) is 0 Å². The maximum absolute atomic E-state index is 12.0. The van der Waals surface area contributed by atoms with Crippen molar-refractivity contribution in [3.05, 3.63) is 0 Å². The van der Waals surface area contributed by atoms with Crippen molar-refractivity contribution < 1.29 is 19.1 Å². The molecule has 4 nitrogen and oxygen atoms in total. The fourth-order valence-electron chi connectivity index (χ4n) is 2.34. The first-order valence-corrected chi connectivity index (χ1v) is 10.4. The van der Waals surface area contributed by atoms with Crippen LogP contribution in [0.15, 0.2) is 0 Å². The van der Waals surface area contributed by atoms with Gasteiger partial charge in [0, 0.05) is 18.9 Å². The highest BCUT2D eigenvalue weighted by Crippen LogP contribution is 2.41. The lowest BCUT2D eigenvalue weighted by atomic mass is 9.85. The van der Waals surface area contributed by atoms with E-state index in [1.165, 1.54) is 0 Å². The molecule has 1 saturated heterocycles. The summed E-state index contributed by atoms with van der Waals surface area (Å²) in [6.45, 7) is 15.0. The summed E-state index contributed by atoms with van der Waals surface area (Å²) in [7, 11) is -1.93. The number of ether oxygens (including phenoxy) is 1. The van der Waals surface area contributed by atoms with Crippen LogP contribution in [0.3, 0.4) is 0 Å². The van der Waals surface area contributed by atoms with E-state index in [-0.39, 0.29) is 41.7 Å². The van der Waals surface area contributed by atoms with Gasteiger partial charge in [-0.3, -0.25) is 4.79 Å². The Hall–Kier alpha value is -0.393. The van der Waals surface area contributed by atoms with Gasteiger partial charge in [-0.2, -0.15) is 0 Å². The Morgan fingerprint density at radius 2 is 1.85 bits per heavy atom. The van der Waals surface area contributed by atoms with Crippen molar-refractivity contribution in [3.8, 4) is 0 Å². The third kappa shape index (κ3) is 3.62. The zero-order chi connectivity index (χ0) is 15.7. The number of rotatable bonds is 4. The lowest BCUT2D eigenvalue weighted by Gasteiger charge is -2.46. The van der Waals surface area contributed by atoms with Crippen LogP contribution in [-0.2, 0) is 14.0 Å². The van der Waals surface area contributed by atoms with Crippen LogP contribution in [0.4, 0.5) is 0 Å². The predicted molar refractivity (Wildman–Crippen MR) is 82.0 cm³/mol. The first-order chi connectivity index (χ1) is 9.01. The fourth-order valence-corrected chi connectivity index (χ4v) is 3.79. The summed E-state index contributed by atoms with van der Waals surface area (Å²) in [6.07, 6.45) is 0.129. The van der Waals surface area contributed by atoms with Crippen molar-refractivity contribution in [1.82, 2.24) is 0 Å². The van der Waals surface area contributed by atoms with Gasteiger partial charge in [-0.25, -0.2) is 0 Å². The molecule has 0 bridgehead atoms. The average molecular weight is 302 g/mol. The number of carbonyl (C=O) groups is 1. The van der Waals surface area contributed by atoms with Gasteiger partial charge in [0.2, 0.25) is 0 Å². The Balaban J connectivity index is 2.92. The summed E-state index contributed by atoms with van der Waals surface area (Å²) in [5, 5.41) is 9.22. The van der Waals surface area contributed by atoms with Gasteiger partial charge < -0.3 is 14.3 Å². The number of aliphatic hydroxyl groups is 1. The van der Waals surface area contributed by atoms with E-state index in [4.69, 9.17) is 14.3 Å². The highest BCUT2D eigenvalue weighted by Gasteiger charge is 2.47. The molecular weight excluding hydrogens is 272 g/mol. The quantitative estimate of drug-likeness (QED) is 0.641. The Bertz CT molecular complexity index is 348. The Kier molecular flexibility index (Phi) is 5.44. The van der Waals surface area contributed by atoms with Crippen LogP contribution in [-0.4, -0.2) is 38.2 Å². The van der Waals surface area contributed by atoms with Gasteiger partial charge in [-0.1, -0.05) is 27.7 Å². The van der Waals surface area contributed by atoms with Gasteiger partial charge in [0.15, 0.2) is 8.32 Å². The number of hydrogen-bond acceptors (Lipinski definition) is 4. The second kappa shape index (κ2) is 6.16. The summed E-state index contributed by atoms with van der Waals surface area (Å²) in [5.41, 5.74) is 0. The van der Waals surface area contributed by atoms with Crippen LogP contribution in [0, 0.1) is 11.8 Å². The molecule has 1 heterocycles. The number of cyclic esters (lactones) is 1. The molecule has 118 valence electrons. The van der Waals surface area contributed by atoms with Gasteiger partial charge in [-0.05, 0) is 25.1 Å². The van der Waals surface area contributed by atoms with Crippen molar-refractivity contribution in [2.24, 2.45) is 11.8 Å². The number of aliphatic hydroxyl groups excluding tert-OH is 1. The minimum Gasteiger partial charge on any atom is -0.462 e. The van der Waals surface area contributed by atoms with E-state index in [0.29, 0.717) is 6.42 Å². The van der Waals surface area contributed by atoms with E-state index in [2.05, 4.69) is 40.8 Å². The average Bonchev–Trinajstić information content (AvgIpc) is 2.30. The summed E-state index contributed by atoms with van der Waals surface area (Å²) in [5.74, 6) is -0.330. The smallest absolute Gasteiger partial charge is 0.311 e. The molecule has 0 unspecified atom stereocenters. The monoisotopic (exact) mass is 302 g/mol. The van der Waals surface area contributed by atoms with Gasteiger partial charge in [0.1, 0.15) is 6.10 Å². The van der Waals surface area contributed by atoms with Crippen LogP contribution in [0.1, 0.15) is 41.0 Å². The van der Waals surface area contributed by atoms with Gasteiger partial charge >= 0.3 is 5.97 Å². The molecule has 0 spiro atoms. The first-order valence-electron chi connectivity index (χ1n) is 7.50. The highest BCUT2D eigenvalue weighted by atomic mass is 28.4. The molecule has 1 aliphatic heterocycles. The molecule has 0 aromatic rings. The molecular formula is C15H30O4Si. The maximum atomic E-state index is 12.0. The third-order valence-corrected chi connectivity index (χ3v) is 9.36. The SMILES string of the molecule is C[C@@H]1[C@@H](O[Si](C)(C)C(C)(C)C)[C@H](C)C(=O)O[C@H]1CCO. The summed E-state index contributed by atoms with van der Waals surface area (Å²) in [4.78, 5) is 12.0. The summed E-state index contributed by atoms with van der Waals surface area (Å²) < 4.78 is 11.9. The van der Waals surface area contributed by atoms with Crippen molar-refractivity contribution >= 4 is 14.3 Å². The number of esters is 1. The van der Waals surface area contributed by atoms with E-state index in [1.807, 2.05) is 6.92 Å². The molecule has 0 aromatic carbocycles. The predicted octanol–water partition coefficient (Wildman–Crippen LogP) is 2.96. The molecule has 1 rings (SSSR count). The van der Waals surface area contributed by atoms with Gasteiger partial charge in [-0.15, -0.1) is 0 Å². The molecule has 20 heavy (non-hydrogen) atoms. The molecule has 0 radical (unpaired) electrons. The van der Waals surface area contributed by atoms with Crippen molar-refractivity contribution in [2.45, 2.75) is 71.4 Å². The maximum Gasteiger partial charge on any atom is 0.311 e. The highest BCUT2D eigenvalue weighted by molar-refractivity contribution is 6.74. The number of hydrogen-bond donors (Lipinski definition) is 1. The molecule has 1 N–H and O–H groups in total. The Morgan fingerprint density at radius 3 is 2.30 bits per heavy atom. The summed E-state index contributed by atoms with van der Waals surface area (Å²) >= 11 is 0. The molecule has 0 aromatic heterocycles. The lowest BCUT2D eigenvalue weighted by Crippen LogP contribution is -2.54. The second-order valence-electron chi connectivity index (χ2n) is 7.48. The lowest BCUT2D eigenvalue weighted by molar-refractivity contribution is -0.177. The zero-order valence-electron chi connectivity index (χ0n) is 13.9. The Labute approximate surface area is 124 Å². The zero-order valence-corrected chi connectivity index (χ0v) is 14.9.